The summed E-state index contributed by atoms with van der Waals surface area (Å²) >= 11 is 0. The number of aliphatic imine (C=N–C) groups is 1. The SMILES string of the molecule is NC(N)=Nc1ccc(O)c(C2OCCO2)c1. The molecule has 0 bridgehead atoms. The number of phenols is 1. The molecule has 0 saturated carbocycles. The van der Waals surface area contributed by atoms with Gasteiger partial charge in [-0.3, -0.25) is 0 Å². The predicted molar refractivity (Wildman–Crippen MR) is 58.2 cm³/mol. The molecule has 1 aromatic carbocycles. The molecule has 1 saturated heterocycles. The first-order chi connectivity index (χ1) is 7.66. The fourth-order valence-electron chi connectivity index (χ4n) is 1.49. The second-order valence-corrected chi connectivity index (χ2v) is 3.35. The third kappa shape index (κ3) is 2.23. The molecule has 0 aromatic heterocycles. The maximum absolute atomic E-state index is 9.66. The first-order valence-corrected chi connectivity index (χ1v) is 4.82. The maximum atomic E-state index is 9.66. The summed E-state index contributed by atoms with van der Waals surface area (Å²) in [6.45, 7) is 1.02. The molecule has 1 heterocycles. The van der Waals surface area contributed by atoms with Gasteiger partial charge in [0.25, 0.3) is 0 Å². The van der Waals surface area contributed by atoms with E-state index in [1.165, 1.54) is 6.07 Å². The molecular weight excluding hydrogens is 210 g/mol. The van der Waals surface area contributed by atoms with Crippen LogP contribution >= 0.6 is 0 Å². The van der Waals surface area contributed by atoms with Crippen molar-refractivity contribution in [3.63, 3.8) is 0 Å². The molecule has 86 valence electrons. The molecule has 0 aliphatic carbocycles. The highest BCUT2D eigenvalue weighted by atomic mass is 16.7. The van der Waals surface area contributed by atoms with Crippen molar-refractivity contribution in [3.8, 4) is 5.75 Å². The summed E-state index contributed by atoms with van der Waals surface area (Å²) < 4.78 is 10.6. The minimum atomic E-state index is -0.547. The lowest BCUT2D eigenvalue weighted by Gasteiger charge is -2.11. The van der Waals surface area contributed by atoms with Crippen LogP contribution in [0.4, 0.5) is 5.69 Å². The number of guanidine groups is 1. The number of nitrogens with zero attached hydrogens (tertiary/aromatic N) is 1. The molecule has 16 heavy (non-hydrogen) atoms. The van der Waals surface area contributed by atoms with Crippen molar-refractivity contribution >= 4 is 11.6 Å². The minimum Gasteiger partial charge on any atom is -0.507 e. The monoisotopic (exact) mass is 223 g/mol. The summed E-state index contributed by atoms with van der Waals surface area (Å²) in [4.78, 5) is 3.88. The number of rotatable bonds is 2. The summed E-state index contributed by atoms with van der Waals surface area (Å²) in [5.74, 6) is 0.0614. The van der Waals surface area contributed by atoms with Crippen molar-refractivity contribution in [2.45, 2.75) is 6.29 Å². The van der Waals surface area contributed by atoms with Crippen molar-refractivity contribution < 1.29 is 14.6 Å². The molecule has 0 radical (unpaired) electrons. The zero-order valence-electron chi connectivity index (χ0n) is 8.59. The Morgan fingerprint density at radius 1 is 1.31 bits per heavy atom. The van der Waals surface area contributed by atoms with Gasteiger partial charge in [-0.2, -0.15) is 0 Å². The lowest BCUT2D eigenvalue weighted by Crippen LogP contribution is -2.21. The van der Waals surface area contributed by atoms with Gasteiger partial charge in [0.15, 0.2) is 12.2 Å². The van der Waals surface area contributed by atoms with Crippen LogP contribution in [-0.2, 0) is 9.47 Å². The van der Waals surface area contributed by atoms with E-state index >= 15 is 0 Å². The van der Waals surface area contributed by atoms with Crippen LogP contribution in [0.3, 0.4) is 0 Å². The van der Waals surface area contributed by atoms with Crippen molar-refractivity contribution in [3.05, 3.63) is 23.8 Å². The number of aromatic hydroxyl groups is 1. The maximum Gasteiger partial charge on any atom is 0.191 e. The van der Waals surface area contributed by atoms with Crippen LogP contribution < -0.4 is 11.5 Å². The Balaban J connectivity index is 2.32. The van der Waals surface area contributed by atoms with Crippen LogP contribution in [0.25, 0.3) is 0 Å². The largest absolute Gasteiger partial charge is 0.507 e. The number of ether oxygens (including phenoxy) is 2. The van der Waals surface area contributed by atoms with E-state index in [0.29, 0.717) is 24.5 Å². The fraction of sp³-hybridized carbons (Fsp3) is 0.300. The molecule has 1 aliphatic heterocycles. The number of hydrogen-bond acceptors (Lipinski definition) is 4. The second-order valence-electron chi connectivity index (χ2n) is 3.35. The first-order valence-electron chi connectivity index (χ1n) is 4.82. The Kier molecular flexibility index (Phi) is 2.93. The van der Waals surface area contributed by atoms with E-state index in [9.17, 15) is 5.11 Å². The Morgan fingerprint density at radius 3 is 2.62 bits per heavy atom. The van der Waals surface area contributed by atoms with Crippen LogP contribution in [0.5, 0.6) is 5.75 Å². The molecule has 6 heteroatoms. The zero-order chi connectivity index (χ0) is 11.5. The zero-order valence-corrected chi connectivity index (χ0v) is 8.59. The molecule has 6 nitrogen and oxygen atoms in total. The highest BCUT2D eigenvalue weighted by Crippen LogP contribution is 2.33. The van der Waals surface area contributed by atoms with Gasteiger partial charge in [-0.15, -0.1) is 0 Å². The summed E-state index contributed by atoms with van der Waals surface area (Å²) in [7, 11) is 0. The lowest BCUT2D eigenvalue weighted by atomic mass is 10.1. The Hall–Kier alpha value is -1.79. The Morgan fingerprint density at radius 2 is 2.00 bits per heavy atom. The van der Waals surface area contributed by atoms with E-state index in [-0.39, 0.29) is 11.7 Å². The quantitative estimate of drug-likeness (QED) is 0.495. The number of benzene rings is 1. The molecule has 0 amide bonds. The van der Waals surface area contributed by atoms with Gasteiger partial charge in [0.2, 0.25) is 0 Å². The normalized spacial score (nSPS) is 16.2. The van der Waals surface area contributed by atoms with Crippen LogP contribution in [0, 0.1) is 0 Å². The van der Waals surface area contributed by atoms with Crippen LogP contribution in [0.1, 0.15) is 11.9 Å². The van der Waals surface area contributed by atoms with Crippen molar-refractivity contribution in [2.75, 3.05) is 13.2 Å². The third-order valence-corrected chi connectivity index (χ3v) is 2.15. The molecule has 0 unspecified atom stereocenters. The highest BCUT2D eigenvalue weighted by molar-refractivity contribution is 5.79. The minimum absolute atomic E-state index is 0.0371. The van der Waals surface area contributed by atoms with Gasteiger partial charge in [0.1, 0.15) is 5.75 Å². The van der Waals surface area contributed by atoms with Gasteiger partial charge in [-0.05, 0) is 18.2 Å². The summed E-state index contributed by atoms with van der Waals surface area (Å²) in [6, 6.07) is 4.74. The first kappa shape index (κ1) is 10.7. The summed E-state index contributed by atoms with van der Waals surface area (Å²) in [6.07, 6.45) is -0.547. The number of hydrogen-bond donors (Lipinski definition) is 3. The average molecular weight is 223 g/mol. The van der Waals surface area contributed by atoms with Crippen molar-refractivity contribution in [1.82, 2.24) is 0 Å². The average Bonchev–Trinajstić information content (AvgIpc) is 2.73. The second kappa shape index (κ2) is 4.38. The number of nitrogens with two attached hydrogens (primary N) is 2. The molecule has 1 fully saturated rings. The molecule has 0 spiro atoms. The van der Waals surface area contributed by atoms with E-state index < -0.39 is 6.29 Å². The Bertz CT molecular complexity index is 410. The molecule has 1 aliphatic rings. The van der Waals surface area contributed by atoms with E-state index in [1.54, 1.807) is 12.1 Å². The van der Waals surface area contributed by atoms with Gasteiger partial charge in [0.05, 0.1) is 24.5 Å². The summed E-state index contributed by atoms with van der Waals surface area (Å²) in [5, 5.41) is 9.66. The third-order valence-electron chi connectivity index (χ3n) is 2.15. The molecule has 2 rings (SSSR count). The van der Waals surface area contributed by atoms with E-state index in [4.69, 9.17) is 20.9 Å². The van der Waals surface area contributed by atoms with Crippen molar-refractivity contribution in [1.29, 1.82) is 0 Å². The van der Waals surface area contributed by atoms with E-state index in [1.807, 2.05) is 0 Å². The van der Waals surface area contributed by atoms with Crippen LogP contribution in [0.15, 0.2) is 23.2 Å². The molecule has 0 atom stereocenters. The van der Waals surface area contributed by atoms with E-state index in [0.717, 1.165) is 0 Å². The van der Waals surface area contributed by atoms with Gasteiger partial charge < -0.3 is 26.0 Å². The standard InChI is InChI=1S/C10H13N3O3/c11-10(12)13-6-1-2-8(14)7(5-6)9-15-3-4-16-9/h1-2,5,9,14H,3-4H2,(H4,11,12,13). The fourth-order valence-corrected chi connectivity index (χ4v) is 1.49. The van der Waals surface area contributed by atoms with Crippen LogP contribution in [-0.4, -0.2) is 24.3 Å². The van der Waals surface area contributed by atoms with Crippen LogP contribution in [0.2, 0.25) is 0 Å². The van der Waals surface area contributed by atoms with E-state index in [2.05, 4.69) is 4.99 Å². The Labute approximate surface area is 92.5 Å². The predicted octanol–water partition coefficient (Wildman–Crippen LogP) is 0.342. The molecule has 1 aromatic rings. The number of phenolic OH excluding ortho intramolecular Hbond substituents is 1. The molecule has 5 N–H and O–H groups in total. The lowest BCUT2D eigenvalue weighted by molar-refractivity contribution is -0.0454. The van der Waals surface area contributed by atoms with Gasteiger partial charge in [-0.1, -0.05) is 0 Å². The smallest absolute Gasteiger partial charge is 0.191 e. The van der Waals surface area contributed by atoms with Crippen molar-refractivity contribution in [2.24, 2.45) is 16.5 Å². The molecular formula is C10H13N3O3. The highest BCUT2D eigenvalue weighted by Gasteiger charge is 2.21. The van der Waals surface area contributed by atoms with Gasteiger partial charge in [-0.25, -0.2) is 4.99 Å². The topological polar surface area (TPSA) is 103 Å². The van der Waals surface area contributed by atoms with Gasteiger partial charge in [0, 0.05) is 0 Å². The van der Waals surface area contributed by atoms with Gasteiger partial charge >= 0.3 is 0 Å². The summed E-state index contributed by atoms with van der Waals surface area (Å²) in [5.41, 5.74) is 11.6.